The van der Waals surface area contributed by atoms with Crippen molar-refractivity contribution in [3.63, 3.8) is 0 Å². The molecule has 2 rings (SSSR count). The van der Waals surface area contributed by atoms with E-state index >= 15 is 0 Å². The van der Waals surface area contributed by atoms with Gasteiger partial charge < -0.3 is 9.47 Å². The lowest BCUT2D eigenvalue weighted by Crippen LogP contribution is -2.32. The van der Waals surface area contributed by atoms with Crippen LogP contribution in [0.3, 0.4) is 0 Å². The minimum atomic E-state index is 0.179. The molecule has 1 aliphatic heterocycles. The predicted octanol–water partition coefficient (Wildman–Crippen LogP) is 3.39. The molecule has 0 aromatic heterocycles. The van der Waals surface area contributed by atoms with Crippen LogP contribution in [-0.4, -0.2) is 12.7 Å². The second kappa shape index (κ2) is 5.87. The first-order chi connectivity index (χ1) is 8.27. The van der Waals surface area contributed by atoms with Gasteiger partial charge in [-0.2, -0.15) is 0 Å². The monoisotopic (exact) mass is 232 g/mol. The van der Waals surface area contributed by atoms with Crippen molar-refractivity contribution in [2.24, 2.45) is 11.8 Å². The van der Waals surface area contributed by atoms with E-state index in [1.165, 1.54) is 5.56 Å². The van der Waals surface area contributed by atoms with Crippen LogP contribution < -0.4 is 0 Å². The summed E-state index contributed by atoms with van der Waals surface area (Å²) in [6.45, 7) is 5.74. The summed E-state index contributed by atoms with van der Waals surface area (Å²) in [5, 5.41) is 0. The second-order valence-electron chi connectivity index (χ2n) is 4.72. The Labute approximate surface area is 103 Å². The summed E-state index contributed by atoms with van der Waals surface area (Å²) in [5.74, 6) is 1.07. The number of ether oxygens (including phenoxy) is 2. The summed E-state index contributed by atoms with van der Waals surface area (Å²) in [7, 11) is 0. The highest BCUT2D eigenvalue weighted by Crippen LogP contribution is 2.24. The summed E-state index contributed by atoms with van der Waals surface area (Å²) < 4.78 is 11.3. The largest absolute Gasteiger partial charge is 0.496 e. The van der Waals surface area contributed by atoms with E-state index in [1.54, 1.807) is 6.26 Å². The standard InChI is InChI=1S/C15H20O2/c1-12-8-9-17-15(13(12)2)11-16-10-14-6-4-3-5-7-14/h3-9,12-13,15H,10-11H2,1-2H3/t12-,13?,15?/m1/s1. The quantitative estimate of drug-likeness (QED) is 0.792. The Kier molecular flexibility index (Phi) is 4.21. The topological polar surface area (TPSA) is 18.5 Å². The number of hydrogen-bond acceptors (Lipinski definition) is 2. The average Bonchev–Trinajstić information content (AvgIpc) is 2.36. The summed E-state index contributed by atoms with van der Waals surface area (Å²) in [6, 6.07) is 10.2. The van der Waals surface area contributed by atoms with Gasteiger partial charge in [0.05, 0.1) is 19.5 Å². The van der Waals surface area contributed by atoms with Gasteiger partial charge in [-0.3, -0.25) is 0 Å². The molecule has 92 valence electrons. The van der Waals surface area contributed by atoms with Crippen molar-refractivity contribution >= 4 is 0 Å². The van der Waals surface area contributed by atoms with Gasteiger partial charge in [0.2, 0.25) is 0 Å². The maximum Gasteiger partial charge on any atom is 0.124 e. The van der Waals surface area contributed by atoms with E-state index in [1.807, 2.05) is 18.2 Å². The zero-order chi connectivity index (χ0) is 12.1. The van der Waals surface area contributed by atoms with E-state index in [9.17, 15) is 0 Å². The first-order valence-electron chi connectivity index (χ1n) is 6.21. The number of benzene rings is 1. The van der Waals surface area contributed by atoms with Crippen molar-refractivity contribution in [3.8, 4) is 0 Å². The molecule has 1 aromatic rings. The van der Waals surface area contributed by atoms with Crippen molar-refractivity contribution in [2.75, 3.05) is 6.61 Å². The van der Waals surface area contributed by atoms with E-state index in [2.05, 4.69) is 32.1 Å². The van der Waals surface area contributed by atoms with Crippen molar-refractivity contribution < 1.29 is 9.47 Å². The zero-order valence-corrected chi connectivity index (χ0v) is 10.5. The molecule has 0 spiro atoms. The van der Waals surface area contributed by atoms with Gasteiger partial charge in [-0.1, -0.05) is 44.2 Å². The van der Waals surface area contributed by atoms with Gasteiger partial charge in [0.25, 0.3) is 0 Å². The third-order valence-corrected chi connectivity index (χ3v) is 3.44. The van der Waals surface area contributed by atoms with E-state index in [-0.39, 0.29) is 6.10 Å². The van der Waals surface area contributed by atoms with Gasteiger partial charge in [0.1, 0.15) is 6.10 Å². The molecule has 2 nitrogen and oxygen atoms in total. The fourth-order valence-electron chi connectivity index (χ4n) is 1.97. The SMILES string of the molecule is CC1C(COCc2ccccc2)OC=C[C@H]1C. The molecule has 1 aliphatic rings. The molecule has 0 fully saturated rings. The highest BCUT2D eigenvalue weighted by atomic mass is 16.5. The lowest BCUT2D eigenvalue weighted by Gasteiger charge is -2.30. The fraction of sp³-hybridized carbons (Fsp3) is 0.467. The maximum atomic E-state index is 5.72. The van der Waals surface area contributed by atoms with E-state index in [0.29, 0.717) is 25.0 Å². The molecule has 1 heterocycles. The average molecular weight is 232 g/mol. The van der Waals surface area contributed by atoms with Gasteiger partial charge in [-0.05, 0) is 17.6 Å². The first-order valence-corrected chi connectivity index (χ1v) is 6.21. The lowest BCUT2D eigenvalue weighted by atomic mass is 9.89. The number of allylic oxidation sites excluding steroid dienone is 1. The molecule has 0 radical (unpaired) electrons. The van der Waals surface area contributed by atoms with E-state index in [0.717, 1.165) is 0 Å². The summed E-state index contributed by atoms with van der Waals surface area (Å²) in [6.07, 6.45) is 4.10. The molecule has 0 saturated carbocycles. The molecule has 0 bridgehead atoms. The first kappa shape index (κ1) is 12.2. The van der Waals surface area contributed by atoms with Crippen molar-refractivity contribution in [1.29, 1.82) is 0 Å². The molecular formula is C15H20O2. The smallest absolute Gasteiger partial charge is 0.124 e. The molecule has 0 aliphatic carbocycles. The molecule has 0 saturated heterocycles. The minimum Gasteiger partial charge on any atom is -0.496 e. The Morgan fingerprint density at radius 1 is 1.18 bits per heavy atom. The molecule has 1 aromatic carbocycles. The van der Waals surface area contributed by atoms with Crippen molar-refractivity contribution in [3.05, 3.63) is 48.2 Å². The Hall–Kier alpha value is -1.28. The summed E-state index contributed by atoms with van der Waals surface area (Å²) in [4.78, 5) is 0. The molecule has 2 unspecified atom stereocenters. The van der Waals surface area contributed by atoms with Gasteiger partial charge in [0.15, 0.2) is 0 Å². The van der Waals surface area contributed by atoms with E-state index in [4.69, 9.17) is 9.47 Å². The van der Waals surface area contributed by atoms with Crippen LogP contribution in [0, 0.1) is 11.8 Å². The fourth-order valence-corrected chi connectivity index (χ4v) is 1.97. The number of hydrogen-bond donors (Lipinski definition) is 0. The van der Waals surface area contributed by atoms with Gasteiger partial charge in [-0.25, -0.2) is 0 Å². The van der Waals surface area contributed by atoms with Gasteiger partial charge in [0, 0.05) is 5.92 Å². The van der Waals surface area contributed by atoms with Crippen LogP contribution in [-0.2, 0) is 16.1 Å². The van der Waals surface area contributed by atoms with E-state index < -0.39 is 0 Å². The Morgan fingerprint density at radius 2 is 1.94 bits per heavy atom. The van der Waals surface area contributed by atoms with Crippen LogP contribution >= 0.6 is 0 Å². The molecule has 0 N–H and O–H groups in total. The van der Waals surface area contributed by atoms with Crippen LogP contribution in [0.25, 0.3) is 0 Å². The lowest BCUT2D eigenvalue weighted by molar-refractivity contribution is -0.0239. The highest BCUT2D eigenvalue weighted by molar-refractivity contribution is 5.13. The normalized spacial score (nSPS) is 27.8. The van der Waals surface area contributed by atoms with Crippen molar-refractivity contribution in [1.82, 2.24) is 0 Å². The Balaban J connectivity index is 1.77. The third-order valence-electron chi connectivity index (χ3n) is 3.44. The van der Waals surface area contributed by atoms with Gasteiger partial charge in [-0.15, -0.1) is 0 Å². The van der Waals surface area contributed by atoms with Crippen LogP contribution in [0.1, 0.15) is 19.4 Å². The summed E-state index contributed by atoms with van der Waals surface area (Å²) in [5.41, 5.74) is 1.21. The highest BCUT2D eigenvalue weighted by Gasteiger charge is 2.25. The Bertz CT molecular complexity index is 358. The maximum absolute atomic E-state index is 5.72. The van der Waals surface area contributed by atoms with Crippen LogP contribution in [0.4, 0.5) is 0 Å². The Morgan fingerprint density at radius 3 is 2.71 bits per heavy atom. The molecule has 0 amide bonds. The second-order valence-corrected chi connectivity index (χ2v) is 4.72. The minimum absolute atomic E-state index is 0.179. The van der Waals surface area contributed by atoms with Gasteiger partial charge >= 0.3 is 0 Å². The predicted molar refractivity (Wildman–Crippen MR) is 68.4 cm³/mol. The van der Waals surface area contributed by atoms with Crippen LogP contribution in [0.15, 0.2) is 42.7 Å². The molecule has 3 atom stereocenters. The number of rotatable bonds is 4. The summed E-state index contributed by atoms with van der Waals surface area (Å²) >= 11 is 0. The molecule has 2 heteroatoms. The molecule has 17 heavy (non-hydrogen) atoms. The van der Waals surface area contributed by atoms with Crippen LogP contribution in [0.5, 0.6) is 0 Å². The molecular weight excluding hydrogens is 212 g/mol. The third kappa shape index (κ3) is 3.34. The van der Waals surface area contributed by atoms with Crippen molar-refractivity contribution in [2.45, 2.75) is 26.6 Å². The van der Waals surface area contributed by atoms with Crippen LogP contribution in [0.2, 0.25) is 0 Å². The zero-order valence-electron chi connectivity index (χ0n) is 10.5.